The van der Waals surface area contributed by atoms with Crippen molar-refractivity contribution in [2.24, 2.45) is 5.73 Å². The van der Waals surface area contributed by atoms with Crippen LogP contribution in [0.2, 0.25) is 0 Å². The Morgan fingerprint density at radius 1 is 1.19 bits per heavy atom. The first kappa shape index (κ1) is 14.5. The number of benzene rings is 1. The molecule has 0 unspecified atom stereocenters. The summed E-state index contributed by atoms with van der Waals surface area (Å²) in [6, 6.07) is 8.11. The molecule has 2 saturated heterocycles. The highest BCUT2D eigenvalue weighted by atomic mass is 16.5. The minimum absolute atomic E-state index is 0.0980. The van der Waals surface area contributed by atoms with E-state index in [2.05, 4.69) is 17.0 Å². The third kappa shape index (κ3) is 3.61. The Morgan fingerprint density at radius 2 is 1.90 bits per heavy atom. The summed E-state index contributed by atoms with van der Waals surface area (Å²) in [4.78, 5) is 16.6. The Bertz CT molecular complexity index is 483. The molecule has 0 aliphatic carbocycles. The van der Waals surface area contributed by atoms with Gasteiger partial charge in [-0.1, -0.05) is 12.1 Å². The van der Waals surface area contributed by atoms with E-state index in [-0.39, 0.29) is 11.9 Å². The van der Waals surface area contributed by atoms with Crippen molar-refractivity contribution in [3.8, 4) is 0 Å². The molecule has 1 aromatic rings. The average molecular weight is 289 g/mol. The van der Waals surface area contributed by atoms with E-state index < -0.39 is 0 Å². The zero-order chi connectivity index (χ0) is 14.7. The van der Waals surface area contributed by atoms with Crippen LogP contribution >= 0.6 is 0 Å². The molecule has 5 nitrogen and oxygen atoms in total. The molecule has 1 amide bonds. The predicted octanol–water partition coefficient (Wildman–Crippen LogP) is 0.692. The number of morpholine rings is 1. The second kappa shape index (κ2) is 6.56. The van der Waals surface area contributed by atoms with E-state index in [1.54, 1.807) is 0 Å². The van der Waals surface area contributed by atoms with Crippen molar-refractivity contribution in [1.29, 1.82) is 0 Å². The lowest BCUT2D eigenvalue weighted by Crippen LogP contribution is -2.35. The van der Waals surface area contributed by atoms with Crippen LogP contribution < -0.4 is 5.73 Å². The van der Waals surface area contributed by atoms with Gasteiger partial charge in [0.25, 0.3) is 5.91 Å². The summed E-state index contributed by atoms with van der Waals surface area (Å²) in [5.74, 6) is 0.0980. The first-order valence-corrected chi connectivity index (χ1v) is 7.66. The normalized spacial score (nSPS) is 23.5. The van der Waals surface area contributed by atoms with Gasteiger partial charge < -0.3 is 15.4 Å². The molecule has 0 bridgehead atoms. The number of likely N-dealkylation sites (tertiary alicyclic amines) is 1. The van der Waals surface area contributed by atoms with Gasteiger partial charge in [0.15, 0.2) is 0 Å². The number of rotatable bonds is 3. The van der Waals surface area contributed by atoms with E-state index in [0.717, 1.165) is 51.4 Å². The number of amides is 1. The van der Waals surface area contributed by atoms with Crippen molar-refractivity contribution in [2.75, 3.05) is 39.4 Å². The minimum Gasteiger partial charge on any atom is -0.379 e. The van der Waals surface area contributed by atoms with Crippen molar-refractivity contribution < 1.29 is 9.53 Å². The lowest BCUT2D eigenvalue weighted by atomic mass is 10.1. The molecule has 1 atom stereocenters. The lowest BCUT2D eigenvalue weighted by molar-refractivity contribution is 0.0342. The van der Waals surface area contributed by atoms with E-state index in [0.29, 0.717) is 6.54 Å². The van der Waals surface area contributed by atoms with Crippen molar-refractivity contribution in [2.45, 2.75) is 19.0 Å². The molecule has 0 radical (unpaired) electrons. The molecule has 21 heavy (non-hydrogen) atoms. The Labute approximate surface area is 125 Å². The average Bonchev–Trinajstić information content (AvgIpc) is 2.95. The summed E-state index contributed by atoms with van der Waals surface area (Å²) >= 11 is 0. The van der Waals surface area contributed by atoms with Crippen LogP contribution in [0.5, 0.6) is 0 Å². The lowest BCUT2D eigenvalue weighted by Gasteiger charge is -2.26. The standard InChI is InChI=1S/C16H23N3O2/c17-15-5-6-19(12-15)16(20)14-3-1-13(2-4-14)11-18-7-9-21-10-8-18/h1-4,15H,5-12,17H2/t15-/m1/s1. The van der Waals surface area contributed by atoms with Crippen LogP contribution in [0, 0.1) is 0 Å². The van der Waals surface area contributed by atoms with Gasteiger partial charge in [-0.25, -0.2) is 0 Å². The molecule has 0 saturated carbocycles. The molecule has 2 N–H and O–H groups in total. The zero-order valence-electron chi connectivity index (χ0n) is 12.3. The second-order valence-corrected chi connectivity index (χ2v) is 5.89. The summed E-state index contributed by atoms with van der Waals surface area (Å²) in [6.07, 6.45) is 0.904. The highest BCUT2D eigenvalue weighted by Gasteiger charge is 2.24. The smallest absolute Gasteiger partial charge is 0.253 e. The van der Waals surface area contributed by atoms with Gasteiger partial charge in [0.1, 0.15) is 0 Å². The van der Waals surface area contributed by atoms with Crippen LogP contribution in [0.3, 0.4) is 0 Å². The number of nitrogens with zero attached hydrogens (tertiary/aromatic N) is 2. The first-order chi connectivity index (χ1) is 10.2. The minimum atomic E-state index is 0.0980. The Balaban J connectivity index is 1.59. The van der Waals surface area contributed by atoms with Gasteiger partial charge in [-0.05, 0) is 24.1 Å². The summed E-state index contributed by atoms with van der Waals surface area (Å²) in [6.45, 7) is 5.95. The number of ether oxygens (including phenoxy) is 1. The third-order valence-corrected chi connectivity index (χ3v) is 4.22. The maximum Gasteiger partial charge on any atom is 0.253 e. The summed E-state index contributed by atoms with van der Waals surface area (Å²) < 4.78 is 5.35. The van der Waals surface area contributed by atoms with E-state index in [1.165, 1.54) is 5.56 Å². The molecule has 2 fully saturated rings. The van der Waals surface area contributed by atoms with E-state index in [9.17, 15) is 4.79 Å². The van der Waals surface area contributed by atoms with Crippen LogP contribution in [0.1, 0.15) is 22.3 Å². The van der Waals surface area contributed by atoms with Crippen LogP contribution in [-0.4, -0.2) is 61.1 Å². The van der Waals surface area contributed by atoms with E-state index in [1.807, 2.05) is 17.0 Å². The van der Waals surface area contributed by atoms with Gasteiger partial charge in [-0.2, -0.15) is 0 Å². The largest absolute Gasteiger partial charge is 0.379 e. The number of nitrogens with two attached hydrogens (primary N) is 1. The fraction of sp³-hybridized carbons (Fsp3) is 0.562. The zero-order valence-corrected chi connectivity index (χ0v) is 12.3. The van der Waals surface area contributed by atoms with Crippen molar-refractivity contribution in [1.82, 2.24) is 9.80 Å². The molecule has 1 aromatic carbocycles. The Hall–Kier alpha value is -1.43. The second-order valence-electron chi connectivity index (χ2n) is 5.89. The molecule has 2 heterocycles. The monoisotopic (exact) mass is 289 g/mol. The molecule has 0 aromatic heterocycles. The van der Waals surface area contributed by atoms with E-state index in [4.69, 9.17) is 10.5 Å². The fourth-order valence-corrected chi connectivity index (χ4v) is 2.92. The predicted molar refractivity (Wildman–Crippen MR) is 81.0 cm³/mol. The number of hydrogen-bond donors (Lipinski definition) is 1. The van der Waals surface area contributed by atoms with Gasteiger partial charge in [-0.3, -0.25) is 9.69 Å². The molecule has 0 spiro atoms. The summed E-state index contributed by atoms with van der Waals surface area (Å²) in [5.41, 5.74) is 7.86. The number of carbonyl (C=O) groups excluding carboxylic acids is 1. The quantitative estimate of drug-likeness (QED) is 0.889. The third-order valence-electron chi connectivity index (χ3n) is 4.22. The van der Waals surface area contributed by atoms with Crippen LogP contribution in [-0.2, 0) is 11.3 Å². The van der Waals surface area contributed by atoms with Crippen LogP contribution in [0.15, 0.2) is 24.3 Å². The van der Waals surface area contributed by atoms with Gasteiger partial charge in [-0.15, -0.1) is 0 Å². The molecule has 3 rings (SSSR count). The fourth-order valence-electron chi connectivity index (χ4n) is 2.92. The molecule has 2 aliphatic heterocycles. The maximum absolute atomic E-state index is 12.3. The van der Waals surface area contributed by atoms with Crippen LogP contribution in [0.25, 0.3) is 0 Å². The number of hydrogen-bond acceptors (Lipinski definition) is 4. The van der Waals surface area contributed by atoms with E-state index >= 15 is 0 Å². The maximum atomic E-state index is 12.3. The van der Waals surface area contributed by atoms with Crippen molar-refractivity contribution in [3.63, 3.8) is 0 Å². The van der Waals surface area contributed by atoms with Gasteiger partial charge in [0.05, 0.1) is 13.2 Å². The topological polar surface area (TPSA) is 58.8 Å². The molecular weight excluding hydrogens is 266 g/mol. The number of carbonyl (C=O) groups is 1. The highest BCUT2D eigenvalue weighted by Crippen LogP contribution is 2.14. The van der Waals surface area contributed by atoms with Crippen molar-refractivity contribution >= 4 is 5.91 Å². The first-order valence-electron chi connectivity index (χ1n) is 7.66. The summed E-state index contributed by atoms with van der Waals surface area (Å²) in [7, 11) is 0. The van der Waals surface area contributed by atoms with Crippen LogP contribution in [0.4, 0.5) is 0 Å². The van der Waals surface area contributed by atoms with Gasteiger partial charge in [0, 0.05) is 44.3 Å². The van der Waals surface area contributed by atoms with Crippen molar-refractivity contribution in [3.05, 3.63) is 35.4 Å². The molecule has 2 aliphatic rings. The molecule has 114 valence electrons. The van der Waals surface area contributed by atoms with Gasteiger partial charge >= 0.3 is 0 Å². The SMILES string of the molecule is N[C@@H]1CCN(C(=O)c2ccc(CN3CCOCC3)cc2)C1. The summed E-state index contributed by atoms with van der Waals surface area (Å²) in [5, 5.41) is 0. The molecule has 5 heteroatoms. The Morgan fingerprint density at radius 3 is 2.52 bits per heavy atom. The Kier molecular flexibility index (Phi) is 4.53. The van der Waals surface area contributed by atoms with Gasteiger partial charge in [0.2, 0.25) is 0 Å². The molecular formula is C16H23N3O2. The highest BCUT2D eigenvalue weighted by molar-refractivity contribution is 5.94.